The molecule has 5 atom stereocenters. The Labute approximate surface area is 140 Å². The molecule has 0 saturated heterocycles. The van der Waals surface area contributed by atoms with E-state index in [0.29, 0.717) is 11.8 Å². The lowest BCUT2D eigenvalue weighted by Gasteiger charge is -2.56. The number of carbonyl (C=O) groups is 1. The van der Waals surface area contributed by atoms with E-state index in [1.54, 1.807) is 0 Å². The van der Waals surface area contributed by atoms with E-state index in [-0.39, 0.29) is 17.4 Å². The van der Waals surface area contributed by atoms with Crippen LogP contribution in [0.3, 0.4) is 0 Å². The zero-order chi connectivity index (χ0) is 17.0. The summed E-state index contributed by atoms with van der Waals surface area (Å²) < 4.78 is 0. The first-order valence-corrected chi connectivity index (χ1v) is 9.35. The molecule has 1 saturated carbocycles. The summed E-state index contributed by atoms with van der Waals surface area (Å²) in [5, 5.41) is 20.8. The van der Waals surface area contributed by atoms with Crippen molar-refractivity contribution in [3.05, 3.63) is 11.1 Å². The average molecular weight is 320 g/mol. The minimum Gasteiger partial charge on any atom is -0.481 e. The normalized spacial score (nSPS) is 44.0. The van der Waals surface area contributed by atoms with Gasteiger partial charge in [-0.25, -0.2) is 0 Å². The van der Waals surface area contributed by atoms with E-state index in [4.69, 9.17) is 0 Å². The number of allylic oxidation sites excluding steroid dienone is 1. The van der Waals surface area contributed by atoms with Gasteiger partial charge in [-0.3, -0.25) is 4.79 Å². The predicted molar refractivity (Wildman–Crippen MR) is 91.0 cm³/mol. The van der Waals surface area contributed by atoms with Gasteiger partial charge in [0.05, 0.1) is 11.5 Å². The molecule has 0 aromatic heterocycles. The van der Waals surface area contributed by atoms with Crippen LogP contribution in [0.1, 0.15) is 72.6 Å². The average Bonchev–Trinajstić information content (AvgIpc) is 2.47. The molecular weight excluding hydrogens is 288 g/mol. The van der Waals surface area contributed by atoms with Crippen LogP contribution in [0.4, 0.5) is 0 Å². The molecule has 3 aliphatic carbocycles. The highest BCUT2D eigenvalue weighted by Crippen LogP contribution is 2.62. The fourth-order valence-electron chi connectivity index (χ4n) is 6.14. The lowest BCUT2D eigenvalue weighted by atomic mass is 9.48. The first kappa shape index (κ1) is 17.0. The molecule has 0 radical (unpaired) electrons. The molecule has 0 spiro atoms. The largest absolute Gasteiger partial charge is 0.481 e. The van der Waals surface area contributed by atoms with Gasteiger partial charge in [0.2, 0.25) is 0 Å². The molecular formula is C20H32O3. The molecule has 1 fully saturated rings. The quantitative estimate of drug-likeness (QED) is 0.741. The van der Waals surface area contributed by atoms with Crippen molar-refractivity contribution < 1.29 is 15.0 Å². The molecule has 0 heterocycles. The summed E-state index contributed by atoms with van der Waals surface area (Å²) in [6.07, 6.45) is 6.45. The number of rotatable bonds is 2. The minimum atomic E-state index is -0.631. The molecule has 3 nitrogen and oxygen atoms in total. The van der Waals surface area contributed by atoms with Crippen molar-refractivity contribution in [3.8, 4) is 0 Å². The molecule has 3 aliphatic rings. The van der Waals surface area contributed by atoms with Crippen molar-refractivity contribution in [2.45, 2.75) is 78.7 Å². The number of aliphatic hydroxyl groups is 1. The number of carboxylic acids is 1. The Morgan fingerprint density at radius 1 is 1.17 bits per heavy atom. The predicted octanol–water partition coefficient (Wildman–Crippen LogP) is 4.40. The Kier molecular flexibility index (Phi) is 4.15. The van der Waals surface area contributed by atoms with Gasteiger partial charge in [0.15, 0.2) is 0 Å². The maximum Gasteiger partial charge on any atom is 0.309 e. The topological polar surface area (TPSA) is 57.5 Å². The van der Waals surface area contributed by atoms with Gasteiger partial charge in [-0.1, -0.05) is 32.8 Å². The number of aliphatic carboxylic acids is 1. The first-order chi connectivity index (χ1) is 10.7. The summed E-state index contributed by atoms with van der Waals surface area (Å²) in [4.78, 5) is 12.0. The molecule has 0 amide bonds. The lowest BCUT2D eigenvalue weighted by molar-refractivity contribution is -0.159. The molecule has 0 aromatic rings. The zero-order valence-corrected chi connectivity index (χ0v) is 15.1. The van der Waals surface area contributed by atoms with Crippen molar-refractivity contribution >= 4 is 5.97 Å². The Morgan fingerprint density at radius 3 is 2.48 bits per heavy atom. The summed E-state index contributed by atoms with van der Waals surface area (Å²) in [7, 11) is 0. The SMILES string of the molecule is CC(C)[C@@H]1CCC2=C(CC[C@H]3[C@](C)(C(=O)O)CCC[C@]23C)[C@H]1O. The van der Waals surface area contributed by atoms with Gasteiger partial charge in [-0.05, 0) is 74.2 Å². The maximum absolute atomic E-state index is 12.0. The number of hydrogen-bond donors (Lipinski definition) is 2. The van der Waals surface area contributed by atoms with Crippen LogP contribution in [0.25, 0.3) is 0 Å². The minimum absolute atomic E-state index is 0.0259. The number of fused-ring (bicyclic) bond motifs is 2. The Balaban J connectivity index is 2.01. The third kappa shape index (κ3) is 2.38. The van der Waals surface area contributed by atoms with Crippen LogP contribution < -0.4 is 0 Å². The fraction of sp³-hybridized carbons (Fsp3) is 0.850. The fourth-order valence-corrected chi connectivity index (χ4v) is 6.14. The van der Waals surface area contributed by atoms with Gasteiger partial charge in [0.25, 0.3) is 0 Å². The standard InChI is InChI=1S/C20H32O3/c1-12(2)13-6-8-15-14(17(13)21)7-9-16-19(15,3)10-5-11-20(16,4)18(22)23/h12-13,16-17,21H,5-11H2,1-4H3,(H,22,23)/t13-,16+,17-,19+,20+/m0/s1. The van der Waals surface area contributed by atoms with Crippen molar-refractivity contribution in [1.29, 1.82) is 0 Å². The molecule has 130 valence electrons. The van der Waals surface area contributed by atoms with E-state index >= 15 is 0 Å². The van der Waals surface area contributed by atoms with Gasteiger partial charge in [-0.15, -0.1) is 0 Å². The molecule has 3 heteroatoms. The highest BCUT2D eigenvalue weighted by molar-refractivity contribution is 5.75. The molecule has 2 N–H and O–H groups in total. The second-order valence-corrected chi connectivity index (χ2v) is 8.98. The second kappa shape index (κ2) is 5.61. The Morgan fingerprint density at radius 2 is 1.87 bits per heavy atom. The molecule has 0 unspecified atom stereocenters. The lowest BCUT2D eigenvalue weighted by Crippen LogP contribution is -2.52. The van der Waals surface area contributed by atoms with Gasteiger partial charge >= 0.3 is 5.97 Å². The number of aliphatic hydroxyl groups excluding tert-OH is 1. The van der Waals surface area contributed by atoms with Crippen LogP contribution in [-0.2, 0) is 4.79 Å². The van der Waals surface area contributed by atoms with Crippen molar-refractivity contribution in [1.82, 2.24) is 0 Å². The molecule has 23 heavy (non-hydrogen) atoms. The third-order valence-corrected chi connectivity index (χ3v) is 7.54. The maximum atomic E-state index is 12.0. The second-order valence-electron chi connectivity index (χ2n) is 8.98. The summed E-state index contributed by atoms with van der Waals surface area (Å²) in [6.45, 7) is 8.65. The van der Waals surface area contributed by atoms with Gasteiger partial charge in [0.1, 0.15) is 0 Å². The zero-order valence-electron chi connectivity index (χ0n) is 15.1. The summed E-state index contributed by atoms with van der Waals surface area (Å²) in [5.41, 5.74) is 2.06. The summed E-state index contributed by atoms with van der Waals surface area (Å²) in [5.74, 6) is 0.445. The Bertz CT molecular complexity index is 535. The van der Waals surface area contributed by atoms with E-state index in [1.165, 1.54) is 11.1 Å². The van der Waals surface area contributed by atoms with Crippen LogP contribution in [0, 0.1) is 28.6 Å². The highest BCUT2D eigenvalue weighted by atomic mass is 16.4. The molecule has 0 bridgehead atoms. The van der Waals surface area contributed by atoms with Crippen molar-refractivity contribution in [2.24, 2.45) is 28.6 Å². The van der Waals surface area contributed by atoms with E-state index in [1.807, 2.05) is 6.92 Å². The monoisotopic (exact) mass is 320 g/mol. The Hall–Kier alpha value is -0.830. The molecule has 3 rings (SSSR count). The van der Waals surface area contributed by atoms with E-state index in [2.05, 4.69) is 20.8 Å². The van der Waals surface area contributed by atoms with Crippen LogP contribution in [-0.4, -0.2) is 22.3 Å². The summed E-state index contributed by atoms with van der Waals surface area (Å²) >= 11 is 0. The van der Waals surface area contributed by atoms with Crippen LogP contribution >= 0.6 is 0 Å². The first-order valence-electron chi connectivity index (χ1n) is 9.35. The van der Waals surface area contributed by atoms with Crippen LogP contribution in [0.5, 0.6) is 0 Å². The molecule has 0 aromatic carbocycles. The van der Waals surface area contributed by atoms with Crippen LogP contribution in [0.2, 0.25) is 0 Å². The van der Waals surface area contributed by atoms with Crippen molar-refractivity contribution in [2.75, 3.05) is 0 Å². The smallest absolute Gasteiger partial charge is 0.309 e. The van der Waals surface area contributed by atoms with E-state index in [0.717, 1.165) is 44.9 Å². The highest BCUT2D eigenvalue weighted by Gasteiger charge is 2.57. The van der Waals surface area contributed by atoms with E-state index in [9.17, 15) is 15.0 Å². The van der Waals surface area contributed by atoms with Gasteiger partial charge < -0.3 is 10.2 Å². The third-order valence-electron chi connectivity index (χ3n) is 7.54. The van der Waals surface area contributed by atoms with Crippen molar-refractivity contribution in [3.63, 3.8) is 0 Å². The van der Waals surface area contributed by atoms with Gasteiger partial charge in [-0.2, -0.15) is 0 Å². The van der Waals surface area contributed by atoms with Crippen LogP contribution in [0.15, 0.2) is 11.1 Å². The van der Waals surface area contributed by atoms with Gasteiger partial charge in [0, 0.05) is 0 Å². The number of carboxylic acid groups (broad SMARTS) is 1. The molecule has 0 aliphatic heterocycles. The summed E-state index contributed by atoms with van der Waals surface area (Å²) in [6, 6.07) is 0. The number of hydrogen-bond acceptors (Lipinski definition) is 2. The van der Waals surface area contributed by atoms with E-state index < -0.39 is 11.4 Å².